The Hall–Kier alpha value is -1.88. The molecule has 5 nitrogen and oxygen atoms in total. The van der Waals surface area contributed by atoms with Gasteiger partial charge in [-0.15, -0.1) is 0 Å². The molecule has 1 aromatic carbocycles. The number of hydrogen-bond acceptors (Lipinski definition) is 5. The van der Waals surface area contributed by atoms with Gasteiger partial charge in [0.2, 0.25) is 0 Å². The molecule has 1 aliphatic heterocycles. The van der Waals surface area contributed by atoms with Crippen LogP contribution in [-0.4, -0.2) is 37.9 Å². The minimum absolute atomic E-state index is 0.0113. The second-order valence-corrected chi connectivity index (χ2v) is 4.95. The molecule has 1 atom stereocenters. The van der Waals surface area contributed by atoms with Crippen molar-refractivity contribution in [2.45, 2.75) is 32.3 Å². The summed E-state index contributed by atoms with van der Waals surface area (Å²) < 4.78 is 15.6. The van der Waals surface area contributed by atoms with Gasteiger partial charge >= 0.3 is 11.9 Å². The van der Waals surface area contributed by atoms with Crippen molar-refractivity contribution < 1.29 is 23.8 Å². The smallest absolute Gasteiger partial charge is 0.338 e. The highest BCUT2D eigenvalue weighted by atomic mass is 16.6. The van der Waals surface area contributed by atoms with E-state index in [1.807, 2.05) is 6.92 Å². The standard InChI is InChI=1S/C16H20O5/c1-2-9-20-15(17)12-5-7-13(8-6-12)16(18)21-11-14-4-3-10-19-14/h5-8,14H,2-4,9-11H2,1H3. The Labute approximate surface area is 124 Å². The highest BCUT2D eigenvalue weighted by Crippen LogP contribution is 2.13. The number of hydrogen-bond donors (Lipinski definition) is 0. The van der Waals surface area contributed by atoms with Crippen LogP contribution in [0.25, 0.3) is 0 Å². The van der Waals surface area contributed by atoms with Crippen molar-refractivity contribution in [2.75, 3.05) is 19.8 Å². The number of ether oxygens (including phenoxy) is 3. The maximum Gasteiger partial charge on any atom is 0.338 e. The number of carbonyl (C=O) groups excluding carboxylic acids is 2. The minimum atomic E-state index is -0.404. The van der Waals surface area contributed by atoms with E-state index in [0.29, 0.717) is 17.7 Å². The molecule has 0 aromatic heterocycles. The number of benzene rings is 1. The topological polar surface area (TPSA) is 61.8 Å². The maximum absolute atomic E-state index is 11.9. The third-order valence-corrected chi connectivity index (χ3v) is 3.22. The lowest BCUT2D eigenvalue weighted by molar-refractivity contribution is 0.0161. The first-order valence-electron chi connectivity index (χ1n) is 7.26. The zero-order valence-corrected chi connectivity index (χ0v) is 12.2. The molecule has 0 spiro atoms. The van der Waals surface area contributed by atoms with Gasteiger partial charge < -0.3 is 14.2 Å². The molecule has 0 bridgehead atoms. The fourth-order valence-electron chi connectivity index (χ4n) is 2.05. The van der Waals surface area contributed by atoms with Gasteiger partial charge in [-0.05, 0) is 43.5 Å². The molecule has 1 fully saturated rings. The Morgan fingerprint density at radius 2 is 1.76 bits per heavy atom. The van der Waals surface area contributed by atoms with Crippen LogP contribution in [0.3, 0.4) is 0 Å². The summed E-state index contributed by atoms with van der Waals surface area (Å²) in [6, 6.07) is 6.28. The van der Waals surface area contributed by atoms with Crippen molar-refractivity contribution in [1.29, 1.82) is 0 Å². The molecule has 21 heavy (non-hydrogen) atoms. The Morgan fingerprint density at radius 1 is 1.14 bits per heavy atom. The highest BCUT2D eigenvalue weighted by molar-refractivity contribution is 5.93. The number of carbonyl (C=O) groups is 2. The molecule has 0 saturated carbocycles. The van der Waals surface area contributed by atoms with Crippen molar-refractivity contribution in [3.05, 3.63) is 35.4 Å². The van der Waals surface area contributed by atoms with Gasteiger partial charge in [0, 0.05) is 6.61 Å². The van der Waals surface area contributed by atoms with Gasteiger partial charge in [0.15, 0.2) is 0 Å². The van der Waals surface area contributed by atoms with Crippen molar-refractivity contribution in [2.24, 2.45) is 0 Å². The quantitative estimate of drug-likeness (QED) is 0.754. The van der Waals surface area contributed by atoms with Crippen LogP contribution >= 0.6 is 0 Å². The fraction of sp³-hybridized carbons (Fsp3) is 0.500. The van der Waals surface area contributed by atoms with Crippen LogP contribution < -0.4 is 0 Å². The molecule has 1 saturated heterocycles. The lowest BCUT2D eigenvalue weighted by atomic mass is 10.1. The van der Waals surface area contributed by atoms with Crippen molar-refractivity contribution >= 4 is 11.9 Å². The fourth-order valence-corrected chi connectivity index (χ4v) is 2.05. The summed E-state index contributed by atoms with van der Waals surface area (Å²) in [6.45, 7) is 3.33. The third-order valence-electron chi connectivity index (χ3n) is 3.22. The van der Waals surface area contributed by atoms with E-state index in [4.69, 9.17) is 14.2 Å². The lowest BCUT2D eigenvalue weighted by Crippen LogP contribution is -2.18. The van der Waals surface area contributed by atoms with Gasteiger partial charge in [0.05, 0.1) is 23.8 Å². The van der Waals surface area contributed by atoms with Crippen LogP contribution in [-0.2, 0) is 14.2 Å². The molecule has 0 N–H and O–H groups in total. The molecule has 1 heterocycles. The van der Waals surface area contributed by atoms with Crippen molar-refractivity contribution in [3.63, 3.8) is 0 Å². The Morgan fingerprint density at radius 3 is 2.29 bits per heavy atom. The summed E-state index contributed by atoms with van der Waals surface area (Å²) >= 11 is 0. The summed E-state index contributed by atoms with van der Waals surface area (Å²) in [5, 5.41) is 0. The summed E-state index contributed by atoms with van der Waals surface area (Å²) in [6.07, 6.45) is 2.73. The summed E-state index contributed by atoms with van der Waals surface area (Å²) in [4.78, 5) is 23.5. The first-order chi connectivity index (χ1) is 10.2. The predicted molar refractivity (Wildman–Crippen MR) is 76.3 cm³/mol. The summed E-state index contributed by atoms with van der Waals surface area (Å²) in [5.41, 5.74) is 0.846. The van der Waals surface area contributed by atoms with Gasteiger partial charge in [0.1, 0.15) is 6.61 Å². The van der Waals surface area contributed by atoms with Crippen LogP contribution in [0.5, 0.6) is 0 Å². The number of rotatable bonds is 6. The van der Waals surface area contributed by atoms with E-state index in [2.05, 4.69) is 0 Å². The van der Waals surface area contributed by atoms with Gasteiger partial charge in [-0.2, -0.15) is 0 Å². The zero-order valence-electron chi connectivity index (χ0n) is 12.2. The summed E-state index contributed by atoms with van der Waals surface area (Å²) in [7, 11) is 0. The Balaban J connectivity index is 1.85. The van der Waals surface area contributed by atoms with E-state index in [1.165, 1.54) is 0 Å². The highest BCUT2D eigenvalue weighted by Gasteiger charge is 2.18. The largest absolute Gasteiger partial charge is 0.462 e. The zero-order chi connectivity index (χ0) is 15.1. The van der Waals surface area contributed by atoms with E-state index >= 15 is 0 Å². The summed E-state index contributed by atoms with van der Waals surface area (Å²) in [5.74, 6) is -0.782. The van der Waals surface area contributed by atoms with Crippen LogP contribution in [0.2, 0.25) is 0 Å². The molecule has 5 heteroatoms. The van der Waals surface area contributed by atoms with E-state index in [0.717, 1.165) is 25.9 Å². The third kappa shape index (κ3) is 4.56. The molecule has 1 unspecified atom stereocenters. The average Bonchev–Trinajstić information content (AvgIpc) is 3.04. The van der Waals surface area contributed by atoms with E-state index in [1.54, 1.807) is 24.3 Å². The van der Waals surface area contributed by atoms with Crippen LogP contribution in [0.15, 0.2) is 24.3 Å². The lowest BCUT2D eigenvalue weighted by Gasteiger charge is -2.10. The molecule has 114 valence electrons. The van der Waals surface area contributed by atoms with Crippen LogP contribution in [0.4, 0.5) is 0 Å². The maximum atomic E-state index is 11.9. The molecule has 0 radical (unpaired) electrons. The molecule has 0 aliphatic carbocycles. The first-order valence-corrected chi connectivity index (χ1v) is 7.26. The average molecular weight is 292 g/mol. The molecule has 0 amide bonds. The van der Waals surface area contributed by atoms with Gasteiger partial charge in [-0.1, -0.05) is 6.92 Å². The van der Waals surface area contributed by atoms with Gasteiger partial charge in [0.25, 0.3) is 0 Å². The van der Waals surface area contributed by atoms with E-state index < -0.39 is 5.97 Å². The predicted octanol–water partition coefficient (Wildman–Crippen LogP) is 2.59. The van der Waals surface area contributed by atoms with Crippen molar-refractivity contribution in [3.8, 4) is 0 Å². The monoisotopic (exact) mass is 292 g/mol. The SMILES string of the molecule is CCCOC(=O)c1ccc(C(=O)OCC2CCCO2)cc1. The van der Waals surface area contributed by atoms with Gasteiger partial charge in [-0.3, -0.25) is 0 Å². The molecule has 1 aliphatic rings. The van der Waals surface area contributed by atoms with E-state index in [-0.39, 0.29) is 18.7 Å². The van der Waals surface area contributed by atoms with Crippen LogP contribution in [0.1, 0.15) is 46.9 Å². The second kappa shape index (κ2) is 7.78. The molecular weight excluding hydrogens is 272 g/mol. The molecule has 1 aromatic rings. The van der Waals surface area contributed by atoms with Crippen molar-refractivity contribution in [1.82, 2.24) is 0 Å². The van der Waals surface area contributed by atoms with Gasteiger partial charge in [-0.25, -0.2) is 9.59 Å². The first kappa shape index (κ1) is 15.5. The second-order valence-electron chi connectivity index (χ2n) is 4.95. The Bertz CT molecular complexity index is 474. The molecular formula is C16H20O5. The minimum Gasteiger partial charge on any atom is -0.462 e. The van der Waals surface area contributed by atoms with E-state index in [9.17, 15) is 9.59 Å². The van der Waals surface area contributed by atoms with Crippen LogP contribution in [0, 0.1) is 0 Å². The Kier molecular flexibility index (Phi) is 5.75. The number of esters is 2. The normalized spacial score (nSPS) is 17.5. The molecule has 2 rings (SSSR count).